The van der Waals surface area contributed by atoms with Crippen LogP contribution >= 0.6 is 0 Å². The second kappa shape index (κ2) is 10.2. The largest absolute Gasteiger partial charge is 0.354 e. The van der Waals surface area contributed by atoms with Crippen LogP contribution in [0.4, 0.5) is 8.78 Å². The number of likely N-dealkylation sites (tertiary alicyclic amines) is 1. The van der Waals surface area contributed by atoms with E-state index < -0.39 is 6.17 Å². The lowest BCUT2D eigenvalue weighted by molar-refractivity contribution is -0.125. The molecule has 188 valence electrons. The van der Waals surface area contributed by atoms with E-state index in [1.807, 2.05) is 36.1 Å². The van der Waals surface area contributed by atoms with Gasteiger partial charge >= 0.3 is 0 Å². The van der Waals surface area contributed by atoms with E-state index >= 15 is 4.39 Å². The van der Waals surface area contributed by atoms with Gasteiger partial charge in [0.15, 0.2) is 0 Å². The summed E-state index contributed by atoms with van der Waals surface area (Å²) in [5.41, 5.74) is 3.16. The van der Waals surface area contributed by atoms with Gasteiger partial charge in [-0.15, -0.1) is 0 Å². The summed E-state index contributed by atoms with van der Waals surface area (Å²) in [6.45, 7) is 3.69. The van der Waals surface area contributed by atoms with Gasteiger partial charge in [0.25, 0.3) is 5.91 Å². The number of piperidine rings is 1. The first-order chi connectivity index (χ1) is 17.4. The number of nitrogens with one attached hydrogen (secondary N) is 1. The minimum Gasteiger partial charge on any atom is -0.354 e. The molecule has 0 aliphatic carbocycles. The lowest BCUT2D eigenvalue weighted by atomic mass is 9.95. The number of hydrogen-bond acceptors (Lipinski definition) is 4. The average molecular weight is 494 g/mol. The van der Waals surface area contributed by atoms with E-state index in [-0.39, 0.29) is 42.8 Å². The SMILES string of the molecule is C[C@@H](c1ccccc1-c1ccc(F)cc1)n1cncc1C(=O)N1CC[C@@H](N2CCNC(=O)C2)C(F)C1. The number of halogens is 2. The number of hydrogen-bond donors (Lipinski definition) is 1. The van der Waals surface area contributed by atoms with Crippen LogP contribution in [0.5, 0.6) is 0 Å². The Hall–Kier alpha value is -3.59. The van der Waals surface area contributed by atoms with Gasteiger partial charge in [-0.25, -0.2) is 13.8 Å². The van der Waals surface area contributed by atoms with Gasteiger partial charge in [0.2, 0.25) is 5.91 Å². The van der Waals surface area contributed by atoms with Crippen LogP contribution in [-0.2, 0) is 4.79 Å². The van der Waals surface area contributed by atoms with Crippen LogP contribution < -0.4 is 5.32 Å². The molecule has 7 nitrogen and oxygen atoms in total. The summed E-state index contributed by atoms with van der Waals surface area (Å²) >= 11 is 0. The van der Waals surface area contributed by atoms with Crippen molar-refractivity contribution in [3.63, 3.8) is 0 Å². The fraction of sp³-hybridized carbons (Fsp3) is 0.370. The molecule has 2 aliphatic heterocycles. The maximum Gasteiger partial charge on any atom is 0.272 e. The van der Waals surface area contributed by atoms with E-state index in [2.05, 4.69) is 10.3 Å². The Bertz CT molecular complexity index is 1240. The Balaban J connectivity index is 1.34. The Morgan fingerprint density at radius 3 is 2.67 bits per heavy atom. The molecule has 0 saturated carbocycles. The third-order valence-electron chi connectivity index (χ3n) is 7.20. The number of benzene rings is 2. The number of aromatic nitrogens is 2. The van der Waals surface area contributed by atoms with Crippen molar-refractivity contribution in [2.75, 3.05) is 32.7 Å². The maximum absolute atomic E-state index is 15.2. The van der Waals surface area contributed by atoms with Crippen LogP contribution in [0.1, 0.15) is 35.4 Å². The summed E-state index contributed by atoms with van der Waals surface area (Å²) in [7, 11) is 0. The smallest absolute Gasteiger partial charge is 0.272 e. The number of amides is 2. The number of rotatable bonds is 5. The molecule has 2 amide bonds. The number of carbonyl (C=O) groups excluding carboxylic acids is 2. The van der Waals surface area contributed by atoms with Gasteiger partial charge in [-0.3, -0.25) is 14.5 Å². The number of imidazole rings is 1. The van der Waals surface area contributed by atoms with Gasteiger partial charge in [-0.2, -0.15) is 0 Å². The predicted octanol–water partition coefficient (Wildman–Crippen LogP) is 3.28. The van der Waals surface area contributed by atoms with E-state index in [9.17, 15) is 14.0 Å². The first-order valence-corrected chi connectivity index (χ1v) is 12.2. The summed E-state index contributed by atoms with van der Waals surface area (Å²) in [6, 6.07) is 13.5. The fourth-order valence-electron chi connectivity index (χ4n) is 5.27. The van der Waals surface area contributed by atoms with Gasteiger partial charge in [-0.05, 0) is 42.2 Å². The Morgan fingerprint density at radius 2 is 1.92 bits per heavy atom. The van der Waals surface area contributed by atoms with Crippen LogP contribution in [0.3, 0.4) is 0 Å². The quantitative estimate of drug-likeness (QED) is 0.592. The number of carbonyl (C=O) groups is 2. The van der Waals surface area contributed by atoms with Crippen molar-refractivity contribution < 1.29 is 18.4 Å². The highest BCUT2D eigenvalue weighted by atomic mass is 19.1. The molecule has 3 aromatic rings. The Kier molecular flexibility index (Phi) is 6.82. The van der Waals surface area contributed by atoms with Gasteiger partial charge in [0.1, 0.15) is 17.7 Å². The van der Waals surface area contributed by atoms with Crippen molar-refractivity contribution in [2.24, 2.45) is 0 Å². The topological polar surface area (TPSA) is 70.5 Å². The van der Waals surface area contributed by atoms with Crippen molar-refractivity contribution in [2.45, 2.75) is 31.6 Å². The van der Waals surface area contributed by atoms with E-state index in [0.29, 0.717) is 31.7 Å². The van der Waals surface area contributed by atoms with E-state index in [1.165, 1.54) is 23.2 Å². The molecule has 2 aromatic carbocycles. The maximum atomic E-state index is 15.2. The Labute approximate surface area is 208 Å². The van der Waals surface area contributed by atoms with Crippen molar-refractivity contribution >= 4 is 11.8 Å². The molecule has 0 radical (unpaired) electrons. The zero-order valence-corrected chi connectivity index (χ0v) is 20.1. The van der Waals surface area contributed by atoms with Crippen LogP contribution in [0, 0.1) is 5.82 Å². The van der Waals surface area contributed by atoms with Crippen molar-refractivity contribution in [1.82, 2.24) is 24.7 Å². The molecule has 1 unspecified atom stereocenters. The minimum absolute atomic E-state index is 0.0205. The molecule has 5 rings (SSSR count). The first kappa shape index (κ1) is 24.1. The highest BCUT2D eigenvalue weighted by Gasteiger charge is 2.37. The van der Waals surface area contributed by atoms with E-state index in [1.54, 1.807) is 23.0 Å². The monoisotopic (exact) mass is 493 g/mol. The highest BCUT2D eigenvalue weighted by Crippen LogP contribution is 2.31. The summed E-state index contributed by atoms with van der Waals surface area (Å²) in [5.74, 6) is -0.660. The molecule has 3 heterocycles. The van der Waals surface area contributed by atoms with Gasteiger partial charge < -0.3 is 14.8 Å². The molecule has 2 aliphatic rings. The number of piperazine rings is 1. The van der Waals surface area contributed by atoms with Crippen LogP contribution in [0.15, 0.2) is 61.1 Å². The lowest BCUT2D eigenvalue weighted by Crippen LogP contribution is -2.59. The van der Waals surface area contributed by atoms with Crippen LogP contribution in [0.25, 0.3) is 11.1 Å². The van der Waals surface area contributed by atoms with Crippen molar-refractivity contribution in [3.05, 3.63) is 78.1 Å². The molecule has 36 heavy (non-hydrogen) atoms. The Morgan fingerprint density at radius 1 is 1.14 bits per heavy atom. The lowest BCUT2D eigenvalue weighted by Gasteiger charge is -2.41. The number of nitrogens with zero attached hydrogens (tertiary/aromatic N) is 4. The van der Waals surface area contributed by atoms with Crippen molar-refractivity contribution in [3.8, 4) is 11.1 Å². The molecule has 1 aromatic heterocycles. The summed E-state index contributed by atoms with van der Waals surface area (Å²) in [5, 5.41) is 2.76. The minimum atomic E-state index is -1.23. The van der Waals surface area contributed by atoms with E-state index in [4.69, 9.17) is 0 Å². The third-order valence-corrected chi connectivity index (χ3v) is 7.20. The normalized spacial score (nSPS) is 21.8. The summed E-state index contributed by atoms with van der Waals surface area (Å²) < 4.78 is 30.5. The molecule has 0 bridgehead atoms. The molecule has 0 spiro atoms. The molecule has 9 heteroatoms. The summed E-state index contributed by atoms with van der Waals surface area (Å²) in [6.07, 6.45) is 2.37. The zero-order chi connectivity index (χ0) is 25.2. The number of alkyl halides is 1. The molecular formula is C27H29F2N5O2. The predicted molar refractivity (Wildman–Crippen MR) is 132 cm³/mol. The molecule has 2 fully saturated rings. The fourth-order valence-corrected chi connectivity index (χ4v) is 5.27. The molecular weight excluding hydrogens is 464 g/mol. The third kappa shape index (κ3) is 4.75. The zero-order valence-electron chi connectivity index (χ0n) is 20.1. The summed E-state index contributed by atoms with van der Waals surface area (Å²) in [4.78, 5) is 32.9. The molecule has 2 saturated heterocycles. The molecule has 1 N–H and O–H groups in total. The second-order valence-electron chi connectivity index (χ2n) is 9.40. The average Bonchev–Trinajstić information content (AvgIpc) is 3.38. The highest BCUT2D eigenvalue weighted by molar-refractivity contribution is 5.92. The second-order valence-corrected chi connectivity index (χ2v) is 9.40. The standard InChI is InChI=1S/C27H29F2N5O2/c1-18(21-4-2-3-5-22(21)19-6-8-20(28)9-7-19)34-17-30-14-25(34)27(36)33-12-10-24(23(29)15-33)32-13-11-31-26(35)16-32/h2-9,14,17-18,23-24H,10-13,15-16H2,1H3,(H,31,35)/t18-,23?,24+/m0/s1. The van der Waals surface area contributed by atoms with Crippen molar-refractivity contribution in [1.29, 1.82) is 0 Å². The first-order valence-electron chi connectivity index (χ1n) is 12.2. The van der Waals surface area contributed by atoms with Gasteiger partial charge in [0.05, 0.1) is 31.7 Å². The van der Waals surface area contributed by atoms with Gasteiger partial charge in [0, 0.05) is 25.7 Å². The van der Waals surface area contributed by atoms with Crippen LogP contribution in [-0.4, -0.2) is 76.1 Å². The molecule has 3 atom stereocenters. The van der Waals surface area contributed by atoms with E-state index in [0.717, 1.165) is 16.7 Å². The van der Waals surface area contributed by atoms with Crippen LogP contribution in [0.2, 0.25) is 0 Å². The van der Waals surface area contributed by atoms with Gasteiger partial charge in [-0.1, -0.05) is 36.4 Å².